The number of benzene rings is 1. The fraction of sp³-hybridized carbons (Fsp3) is 0.312. The molecule has 1 aromatic heterocycles. The van der Waals surface area contributed by atoms with Crippen molar-refractivity contribution >= 4 is 0 Å². The van der Waals surface area contributed by atoms with Crippen LogP contribution >= 0.6 is 0 Å². The number of aromatic nitrogens is 1. The molecule has 1 atom stereocenters. The summed E-state index contributed by atoms with van der Waals surface area (Å²) < 4.78 is 6.13. The molecule has 0 spiro atoms. The average Bonchev–Trinajstić information content (AvgIpc) is 2.46. The van der Waals surface area contributed by atoms with Gasteiger partial charge in [0.05, 0.1) is 5.69 Å². The molecule has 0 saturated carbocycles. The fourth-order valence-corrected chi connectivity index (χ4v) is 1.98. The minimum Gasteiger partial charge on any atom is -0.484 e. The molecule has 0 fully saturated rings. The normalized spacial score (nSPS) is 12.1. The van der Waals surface area contributed by atoms with Crippen molar-refractivity contribution in [3.8, 4) is 5.75 Å². The zero-order valence-corrected chi connectivity index (χ0v) is 11.5. The largest absolute Gasteiger partial charge is 0.484 e. The Hall–Kier alpha value is -1.87. The number of nitrogens with zero attached hydrogens (tertiary/aromatic N) is 1. The van der Waals surface area contributed by atoms with E-state index in [0.717, 1.165) is 24.4 Å². The van der Waals surface area contributed by atoms with Crippen molar-refractivity contribution in [3.63, 3.8) is 0 Å². The molecule has 3 heteroatoms. The first kappa shape index (κ1) is 13.6. The number of pyridine rings is 1. The van der Waals surface area contributed by atoms with Crippen molar-refractivity contribution in [2.75, 3.05) is 13.6 Å². The molecular weight excluding hydrogens is 236 g/mol. The monoisotopic (exact) mass is 256 g/mol. The van der Waals surface area contributed by atoms with Crippen LogP contribution in [0.2, 0.25) is 0 Å². The Morgan fingerprint density at radius 2 is 1.95 bits per heavy atom. The minimum absolute atomic E-state index is 0.0524. The van der Waals surface area contributed by atoms with Crippen molar-refractivity contribution in [2.24, 2.45) is 0 Å². The second kappa shape index (κ2) is 6.90. The molecule has 2 aromatic rings. The molecule has 0 aliphatic rings. The molecule has 0 amide bonds. The van der Waals surface area contributed by atoms with Crippen molar-refractivity contribution in [1.82, 2.24) is 10.3 Å². The van der Waals surface area contributed by atoms with Gasteiger partial charge in [-0.2, -0.15) is 0 Å². The quantitative estimate of drug-likeness (QED) is 0.862. The third-order valence-electron chi connectivity index (χ3n) is 3.06. The van der Waals surface area contributed by atoms with Gasteiger partial charge in [-0.1, -0.05) is 30.3 Å². The van der Waals surface area contributed by atoms with Crippen LogP contribution in [0, 0.1) is 6.92 Å². The smallest absolute Gasteiger partial charge is 0.141 e. The predicted molar refractivity (Wildman–Crippen MR) is 77.3 cm³/mol. The van der Waals surface area contributed by atoms with E-state index in [9.17, 15) is 0 Å². The number of rotatable bonds is 6. The highest BCUT2D eigenvalue weighted by molar-refractivity contribution is 5.27. The highest BCUT2D eigenvalue weighted by atomic mass is 16.5. The Balaban J connectivity index is 2.17. The minimum atomic E-state index is 0.0524. The molecule has 1 unspecified atom stereocenters. The first-order valence-corrected chi connectivity index (χ1v) is 6.59. The molecule has 0 aliphatic heterocycles. The number of aryl methyl sites for hydroxylation is 1. The van der Waals surface area contributed by atoms with Crippen LogP contribution in [0.1, 0.15) is 23.8 Å². The van der Waals surface area contributed by atoms with Crippen LogP contribution in [0.25, 0.3) is 0 Å². The predicted octanol–water partition coefficient (Wildman–Crippen LogP) is 3.12. The van der Waals surface area contributed by atoms with E-state index in [0.29, 0.717) is 0 Å². The summed E-state index contributed by atoms with van der Waals surface area (Å²) in [5, 5.41) is 3.17. The van der Waals surface area contributed by atoms with Crippen molar-refractivity contribution in [3.05, 3.63) is 59.9 Å². The maximum atomic E-state index is 6.13. The Labute approximate surface area is 114 Å². The lowest BCUT2D eigenvalue weighted by Gasteiger charge is -2.20. The van der Waals surface area contributed by atoms with Gasteiger partial charge < -0.3 is 10.1 Å². The molecule has 0 bridgehead atoms. The van der Waals surface area contributed by atoms with Gasteiger partial charge in [0.15, 0.2) is 0 Å². The molecule has 2 rings (SSSR count). The van der Waals surface area contributed by atoms with E-state index in [4.69, 9.17) is 4.74 Å². The standard InChI is InChI=1S/C16H20N2O/c1-13-15(9-6-11-18-13)19-16(10-12-17-2)14-7-4-3-5-8-14/h3-9,11,16-17H,10,12H2,1-2H3. The van der Waals surface area contributed by atoms with Crippen molar-refractivity contribution < 1.29 is 4.74 Å². The SMILES string of the molecule is CNCCC(Oc1cccnc1C)c1ccccc1. The first-order chi connectivity index (χ1) is 9.31. The summed E-state index contributed by atoms with van der Waals surface area (Å²) in [5.41, 5.74) is 2.12. The van der Waals surface area contributed by atoms with Crippen LogP contribution in [-0.4, -0.2) is 18.6 Å². The summed E-state index contributed by atoms with van der Waals surface area (Å²) >= 11 is 0. The Morgan fingerprint density at radius 3 is 2.63 bits per heavy atom. The summed E-state index contributed by atoms with van der Waals surface area (Å²) in [6.07, 6.45) is 2.76. The summed E-state index contributed by atoms with van der Waals surface area (Å²) in [7, 11) is 1.96. The highest BCUT2D eigenvalue weighted by Gasteiger charge is 2.13. The lowest BCUT2D eigenvalue weighted by molar-refractivity contribution is 0.193. The number of ether oxygens (including phenoxy) is 1. The second-order valence-corrected chi connectivity index (χ2v) is 4.50. The second-order valence-electron chi connectivity index (χ2n) is 4.50. The molecule has 1 aromatic carbocycles. The van der Waals surface area contributed by atoms with Gasteiger partial charge in [-0.15, -0.1) is 0 Å². The first-order valence-electron chi connectivity index (χ1n) is 6.59. The fourth-order valence-electron chi connectivity index (χ4n) is 1.98. The number of hydrogen-bond donors (Lipinski definition) is 1. The van der Waals surface area contributed by atoms with Crippen molar-refractivity contribution in [2.45, 2.75) is 19.4 Å². The van der Waals surface area contributed by atoms with Gasteiger partial charge in [0, 0.05) is 12.6 Å². The molecule has 0 saturated heterocycles. The van der Waals surface area contributed by atoms with Crippen LogP contribution < -0.4 is 10.1 Å². The summed E-state index contributed by atoms with van der Waals surface area (Å²) in [5.74, 6) is 0.854. The summed E-state index contributed by atoms with van der Waals surface area (Å²) in [4.78, 5) is 4.27. The lowest BCUT2D eigenvalue weighted by atomic mass is 10.1. The molecule has 0 aliphatic carbocycles. The van der Waals surface area contributed by atoms with Gasteiger partial charge in [0.2, 0.25) is 0 Å². The zero-order valence-electron chi connectivity index (χ0n) is 11.5. The van der Waals surface area contributed by atoms with Gasteiger partial charge >= 0.3 is 0 Å². The van der Waals surface area contributed by atoms with Gasteiger partial charge in [0.25, 0.3) is 0 Å². The maximum absolute atomic E-state index is 6.13. The van der Waals surface area contributed by atoms with Gasteiger partial charge in [0.1, 0.15) is 11.9 Å². The van der Waals surface area contributed by atoms with Gasteiger partial charge in [-0.25, -0.2) is 0 Å². The van der Waals surface area contributed by atoms with Gasteiger partial charge in [-0.05, 0) is 38.2 Å². The van der Waals surface area contributed by atoms with E-state index >= 15 is 0 Å². The number of nitrogens with one attached hydrogen (secondary N) is 1. The van der Waals surface area contributed by atoms with E-state index in [1.54, 1.807) is 6.20 Å². The van der Waals surface area contributed by atoms with Crippen LogP contribution in [0.4, 0.5) is 0 Å². The van der Waals surface area contributed by atoms with Crippen molar-refractivity contribution in [1.29, 1.82) is 0 Å². The molecule has 100 valence electrons. The topological polar surface area (TPSA) is 34.1 Å². The van der Waals surface area contributed by atoms with Crippen LogP contribution in [0.15, 0.2) is 48.7 Å². The Bertz CT molecular complexity index is 499. The molecule has 19 heavy (non-hydrogen) atoms. The zero-order chi connectivity index (χ0) is 13.5. The molecular formula is C16H20N2O. The summed E-state index contributed by atoms with van der Waals surface area (Å²) in [6, 6.07) is 14.2. The van der Waals surface area contributed by atoms with E-state index in [-0.39, 0.29) is 6.10 Å². The van der Waals surface area contributed by atoms with Gasteiger partial charge in [-0.3, -0.25) is 4.98 Å². The maximum Gasteiger partial charge on any atom is 0.141 e. The molecule has 1 heterocycles. The van der Waals surface area contributed by atoms with Crippen LogP contribution in [0.5, 0.6) is 5.75 Å². The third-order valence-corrected chi connectivity index (χ3v) is 3.06. The molecule has 0 radical (unpaired) electrons. The van der Waals surface area contributed by atoms with E-state index in [1.165, 1.54) is 5.56 Å². The lowest BCUT2D eigenvalue weighted by Crippen LogP contribution is -2.16. The Morgan fingerprint density at radius 1 is 1.16 bits per heavy atom. The highest BCUT2D eigenvalue weighted by Crippen LogP contribution is 2.25. The van der Waals surface area contributed by atoms with E-state index < -0.39 is 0 Å². The van der Waals surface area contributed by atoms with E-state index in [2.05, 4.69) is 22.4 Å². The Kier molecular flexibility index (Phi) is 4.93. The average molecular weight is 256 g/mol. The van der Waals surface area contributed by atoms with Crippen LogP contribution in [-0.2, 0) is 0 Å². The van der Waals surface area contributed by atoms with E-state index in [1.807, 2.05) is 44.3 Å². The number of hydrogen-bond acceptors (Lipinski definition) is 3. The molecule has 1 N–H and O–H groups in total. The third kappa shape index (κ3) is 3.80. The molecule has 3 nitrogen and oxygen atoms in total. The summed E-state index contributed by atoms with van der Waals surface area (Å²) in [6.45, 7) is 2.88. The van der Waals surface area contributed by atoms with Crippen LogP contribution in [0.3, 0.4) is 0 Å².